The molecule has 4 heterocycles. The molecule has 148 valence electrons. The normalized spacial score (nSPS) is 22.7. The third-order valence-corrected chi connectivity index (χ3v) is 6.58. The Labute approximate surface area is 166 Å². The Kier molecular flexibility index (Phi) is 3.58. The van der Waals surface area contributed by atoms with E-state index in [1.165, 1.54) is 6.42 Å². The van der Waals surface area contributed by atoms with Gasteiger partial charge in [0.05, 0.1) is 18.5 Å². The maximum absolute atomic E-state index is 10.3. The van der Waals surface area contributed by atoms with E-state index in [9.17, 15) is 5.11 Å². The van der Waals surface area contributed by atoms with Gasteiger partial charge in [0.1, 0.15) is 12.4 Å². The second-order valence-electron chi connectivity index (χ2n) is 8.07. The fraction of sp³-hybridized carbons (Fsp3) is 0.474. The van der Waals surface area contributed by atoms with Crippen LogP contribution in [0.1, 0.15) is 37.3 Å². The van der Waals surface area contributed by atoms with Crippen LogP contribution >= 0.6 is 0 Å². The summed E-state index contributed by atoms with van der Waals surface area (Å²) in [6.07, 6.45) is 9.93. The number of pyridine rings is 1. The molecular weight excluding hydrogens is 370 g/mol. The number of nitrogens with zero attached hydrogens (tertiary/aromatic N) is 9. The Bertz CT molecular complexity index is 1120. The van der Waals surface area contributed by atoms with Crippen LogP contribution in [-0.4, -0.2) is 55.6 Å². The number of aromatic nitrogens is 9. The van der Waals surface area contributed by atoms with Gasteiger partial charge in [-0.2, -0.15) is 24.7 Å². The zero-order valence-electron chi connectivity index (χ0n) is 15.8. The molecule has 2 atom stereocenters. The Morgan fingerprint density at radius 2 is 1.97 bits per heavy atom. The number of aliphatic hydroxyl groups excluding tert-OH is 1. The highest BCUT2D eigenvalue weighted by Gasteiger charge is 2.57. The second kappa shape index (κ2) is 6.18. The van der Waals surface area contributed by atoms with E-state index in [2.05, 4.69) is 25.4 Å². The Morgan fingerprint density at radius 1 is 1.10 bits per heavy atom. The predicted octanol–water partition coefficient (Wildman–Crippen LogP) is 1.04. The summed E-state index contributed by atoms with van der Waals surface area (Å²) >= 11 is 0. The van der Waals surface area contributed by atoms with E-state index < -0.39 is 0 Å². The highest BCUT2D eigenvalue weighted by atomic mass is 16.3. The lowest BCUT2D eigenvalue weighted by Crippen LogP contribution is -2.58. The van der Waals surface area contributed by atoms with Crippen LogP contribution in [0.2, 0.25) is 0 Å². The molecule has 0 saturated heterocycles. The average Bonchev–Trinajstić information content (AvgIpc) is 3.39. The maximum Gasteiger partial charge on any atom is 0.272 e. The standard InChI is InChI=1S/C19H21N9O/c29-14-10-13(19(14)5-3-6-19)11-17-22-15(12-27-20-7-8-21-27)24-28(17)18-23-16-4-1-2-9-26(16)25-18/h1-2,4,7-9,13-14,29H,3,5-6,10-12H2. The van der Waals surface area contributed by atoms with Gasteiger partial charge < -0.3 is 5.11 Å². The molecule has 0 aromatic carbocycles. The number of aliphatic hydroxyl groups is 1. The maximum atomic E-state index is 10.3. The number of fused-ring (bicyclic) bond motifs is 1. The SMILES string of the molecule is OC1CC(Cc2nc(Cn3nccn3)nn2-c2nc3ccccn3n2)C12CCC2. The summed E-state index contributed by atoms with van der Waals surface area (Å²) in [6.45, 7) is 0.388. The van der Waals surface area contributed by atoms with Crippen LogP contribution in [-0.2, 0) is 13.0 Å². The zero-order chi connectivity index (χ0) is 19.4. The smallest absolute Gasteiger partial charge is 0.272 e. The van der Waals surface area contributed by atoms with Crippen molar-refractivity contribution >= 4 is 5.65 Å². The first-order chi connectivity index (χ1) is 14.2. The van der Waals surface area contributed by atoms with E-state index in [4.69, 9.17) is 4.98 Å². The predicted molar refractivity (Wildman–Crippen MR) is 101 cm³/mol. The first-order valence-corrected chi connectivity index (χ1v) is 10.00. The van der Waals surface area contributed by atoms with E-state index in [1.807, 2.05) is 24.4 Å². The van der Waals surface area contributed by atoms with Gasteiger partial charge in [0, 0.05) is 12.6 Å². The van der Waals surface area contributed by atoms with Gasteiger partial charge >= 0.3 is 0 Å². The van der Waals surface area contributed by atoms with Crippen molar-refractivity contribution in [3.63, 3.8) is 0 Å². The summed E-state index contributed by atoms with van der Waals surface area (Å²) in [5, 5.41) is 27.9. The molecule has 6 rings (SSSR count). The molecule has 0 amide bonds. The van der Waals surface area contributed by atoms with E-state index in [0.29, 0.717) is 24.2 Å². The van der Waals surface area contributed by atoms with Crippen LogP contribution in [0.15, 0.2) is 36.8 Å². The average molecular weight is 391 g/mol. The third kappa shape index (κ3) is 2.59. The summed E-state index contributed by atoms with van der Waals surface area (Å²) < 4.78 is 3.47. The molecule has 4 aromatic rings. The van der Waals surface area contributed by atoms with Gasteiger partial charge in [0.2, 0.25) is 0 Å². The molecule has 0 aliphatic heterocycles. The van der Waals surface area contributed by atoms with Gasteiger partial charge in [-0.05, 0) is 42.7 Å². The van der Waals surface area contributed by atoms with E-state index in [1.54, 1.807) is 26.4 Å². The molecule has 2 unspecified atom stereocenters. The summed E-state index contributed by atoms with van der Waals surface area (Å²) in [5.74, 6) is 2.37. The lowest BCUT2D eigenvalue weighted by Gasteiger charge is -2.59. The highest BCUT2D eigenvalue weighted by molar-refractivity contribution is 5.39. The van der Waals surface area contributed by atoms with E-state index >= 15 is 0 Å². The fourth-order valence-corrected chi connectivity index (χ4v) is 4.80. The van der Waals surface area contributed by atoms with Crippen LogP contribution in [0.4, 0.5) is 0 Å². The molecule has 2 fully saturated rings. The summed E-state index contributed by atoms with van der Waals surface area (Å²) in [5.41, 5.74) is 0.834. The number of hydrogen-bond donors (Lipinski definition) is 1. The third-order valence-electron chi connectivity index (χ3n) is 6.58. The van der Waals surface area contributed by atoms with Crippen LogP contribution in [0.25, 0.3) is 11.6 Å². The van der Waals surface area contributed by atoms with E-state index in [0.717, 1.165) is 37.2 Å². The Hall–Kier alpha value is -3.14. The lowest BCUT2D eigenvalue weighted by atomic mass is 9.47. The van der Waals surface area contributed by atoms with Gasteiger partial charge in [-0.1, -0.05) is 12.5 Å². The number of hydrogen-bond acceptors (Lipinski definition) is 7. The lowest BCUT2D eigenvalue weighted by molar-refractivity contribution is -0.169. The van der Waals surface area contributed by atoms with Gasteiger partial charge in [-0.25, -0.2) is 9.50 Å². The summed E-state index contributed by atoms with van der Waals surface area (Å²) in [7, 11) is 0. The van der Waals surface area contributed by atoms with Crippen molar-refractivity contribution in [3.8, 4) is 5.95 Å². The zero-order valence-corrected chi connectivity index (χ0v) is 15.8. The quantitative estimate of drug-likeness (QED) is 0.541. The van der Waals surface area contributed by atoms with Crippen LogP contribution < -0.4 is 0 Å². The first-order valence-electron chi connectivity index (χ1n) is 10.00. The van der Waals surface area contributed by atoms with Gasteiger partial charge in [-0.3, -0.25) is 0 Å². The molecule has 2 saturated carbocycles. The fourth-order valence-electron chi connectivity index (χ4n) is 4.80. The van der Waals surface area contributed by atoms with Crippen molar-refractivity contribution in [2.24, 2.45) is 11.3 Å². The van der Waals surface area contributed by atoms with Crippen molar-refractivity contribution in [1.82, 2.24) is 44.4 Å². The molecule has 1 N–H and O–H groups in total. The van der Waals surface area contributed by atoms with Gasteiger partial charge in [0.15, 0.2) is 11.5 Å². The van der Waals surface area contributed by atoms with Gasteiger partial charge in [0.25, 0.3) is 5.95 Å². The second-order valence-corrected chi connectivity index (χ2v) is 8.07. The molecule has 29 heavy (non-hydrogen) atoms. The first kappa shape index (κ1) is 16.8. The number of rotatable bonds is 5. The molecule has 0 radical (unpaired) electrons. The molecule has 2 aliphatic carbocycles. The van der Waals surface area contributed by atoms with Crippen LogP contribution in [0.5, 0.6) is 0 Å². The van der Waals surface area contributed by atoms with Crippen LogP contribution in [0.3, 0.4) is 0 Å². The van der Waals surface area contributed by atoms with Crippen molar-refractivity contribution in [2.75, 3.05) is 0 Å². The molecule has 2 aliphatic rings. The monoisotopic (exact) mass is 391 g/mol. The van der Waals surface area contributed by atoms with Crippen molar-refractivity contribution < 1.29 is 5.11 Å². The van der Waals surface area contributed by atoms with Crippen molar-refractivity contribution in [2.45, 2.75) is 44.8 Å². The van der Waals surface area contributed by atoms with Crippen molar-refractivity contribution in [3.05, 3.63) is 48.4 Å². The minimum Gasteiger partial charge on any atom is -0.393 e. The van der Waals surface area contributed by atoms with E-state index in [-0.39, 0.29) is 11.5 Å². The largest absolute Gasteiger partial charge is 0.393 e. The highest BCUT2D eigenvalue weighted by Crippen LogP contribution is 2.60. The summed E-state index contributed by atoms with van der Waals surface area (Å²) in [4.78, 5) is 11.0. The van der Waals surface area contributed by atoms with Crippen molar-refractivity contribution in [1.29, 1.82) is 0 Å². The topological polar surface area (TPSA) is 112 Å². The Morgan fingerprint density at radius 3 is 2.69 bits per heavy atom. The van der Waals surface area contributed by atoms with Crippen LogP contribution in [0, 0.1) is 11.3 Å². The molecule has 10 nitrogen and oxygen atoms in total. The molecule has 4 aromatic heterocycles. The van der Waals surface area contributed by atoms with Gasteiger partial charge in [-0.15, -0.1) is 10.2 Å². The Balaban J connectivity index is 1.37. The molecule has 0 bridgehead atoms. The molecular formula is C19H21N9O. The minimum absolute atomic E-state index is 0.0762. The minimum atomic E-state index is -0.182. The molecule has 10 heteroatoms. The summed E-state index contributed by atoms with van der Waals surface area (Å²) in [6, 6.07) is 5.76. The molecule has 1 spiro atoms.